The van der Waals surface area contributed by atoms with Crippen molar-refractivity contribution in [3.8, 4) is 0 Å². The first-order chi connectivity index (χ1) is 8.16. The molecule has 0 N–H and O–H groups in total. The van der Waals surface area contributed by atoms with E-state index in [0.717, 1.165) is 30.7 Å². The predicted octanol–water partition coefficient (Wildman–Crippen LogP) is 1.38. The largest absolute Gasteiger partial charge is 0.301 e. The van der Waals surface area contributed by atoms with E-state index in [9.17, 15) is 4.79 Å². The molecule has 4 aliphatic heterocycles. The standard InChI is InChI=1S/C14H24N2O/c1-10(17)3-4-13-14-12(9-15(13)2)11-5-7-16(14)8-6-11/h11-14H,3-9H2,1-2H3. The number of carbonyl (C=O) groups is 1. The van der Waals surface area contributed by atoms with Crippen LogP contribution in [0.2, 0.25) is 0 Å². The van der Waals surface area contributed by atoms with Crippen LogP contribution in [-0.4, -0.2) is 54.3 Å². The van der Waals surface area contributed by atoms with Crippen LogP contribution < -0.4 is 0 Å². The molecule has 4 fully saturated rings. The molecule has 4 saturated heterocycles. The van der Waals surface area contributed by atoms with Crippen LogP contribution in [0.15, 0.2) is 0 Å². The third-order valence-electron chi connectivity index (χ3n) is 5.29. The summed E-state index contributed by atoms with van der Waals surface area (Å²) in [6, 6.07) is 1.39. The molecule has 0 aromatic rings. The molecule has 0 spiro atoms. The Morgan fingerprint density at radius 1 is 1.29 bits per heavy atom. The van der Waals surface area contributed by atoms with Crippen molar-refractivity contribution in [1.82, 2.24) is 9.80 Å². The van der Waals surface area contributed by atoms with E-state index in [1.807, 2.05) is 0 Å². The van der Waals surface area contributed by atoms with Crippen molar-refractivity contribution in [2.75, 3.05) is 26.7 Å². The smallest absolute Gasteiger partial charge is 0.129 e. The van der Waals surface area contributed by atoms with Crippen molar-refractivity contribution in [3.05, 3.63) is 0 Å². The third kappa shape index (κ3) is 1.93. The van der Waals surface area contributed by atoms with Gasteiger partial charge in [-0.2, -0.15) is 0 Å². The number of carbonyl (C=O) groups excluding carboxylic acids is 1. The van der Waals surface area contributed by atoms with Crippen LogP contribution in [0, 0.1) is 11.8 Å². The number of piperidine rings is 3. The zero-order valence-corrected chi connectivity index (χ0v) is 11.1. The number of rotatable bonds is 3. The lowest BCUT2D eigenvalue weighted by atomic mass is 9.73. The predicted molar refractivity (Wildman–Crippen MR) is 67.9 cm³/mol. The monoisotopic (exact) mass is 236 g/mol. The van der Waals surface area contributed by atoms with Gasteiger partial charge in [0.15, 0.2) is 0 Å². The molecule has 0 amide bonds. The summed E-state index contributed by atoms with van der Waals surface area (Å²) >= 11 is 0. The molecule has 0 aromatic carbocycles. The van der Waals surface area contributed by atoms with Crippen molar-refractivity contribution in [2.45, 2.75) is 44.7 Å². The van der Waals surface area contributed by atoms with Gasteiger partial charge in [-0.25, -0.2) is 0 Å². The average molecular weight is 236 g/mol. The molecular weight excluding hydrogens is 212 g/mol. The van der Waals surface area contributed by atoms with Crippen molar-refractivity contribution < 1.29 is 4.79 Å². The van der Waals surface area contributed by atoms with Gasteiger partial charge in [-0.05, 0) is 58.2 Å². The van der Waals surface area contributed by atoms with Gasteiger partial charge in [-0.15, -0.1) is 0 Å². The van der Waals surface area contributed by atoms with Gasteiger partial charge >= 0.3 is 0 Å². The second-order valence-corrected chi connectivity index (χ2v) is 6.28. The first-order valence-corrected chi connectivity index (χ1v) is 7.10. The van der Waals surface area contributed by atoms with Crippen molar-refractivity contribution >= 4 is 5.78 Å². The first-order valence-electron chi connectivity index (χ1n) is 7.10. The van der Waals surface area contributed by atoms with Gasteiger partial charge < -0.3 is 9.69 Å². The number of Topliss-reactive ketones (excluding diaryl/α,β-unsaturated/α-hetero) is 1. The van der Waals surface area contributed by atoms with Gasteiger partial charge in [0.25, 0.3) is 0 Å². The van der Waals surface area contributed by atoms with E-state index in [0.29, 0.717) is 11.8 Å². The van der Waals surface area contributed by atoms with Crippen LogP contribution in [-0.2, 0) is 4.79 Å². The van der Waals surface area contributed by atoms with Crippen molar-refractivity contribution in [1.29, 1.82) is 0 Å². The summed E-state index contributed by atoms with van der Waals surface area (Å²) in [7, 11) is 2.25. The number of likely N-dealkylation sites (tertiary alicyclic amines) is 1. The third-order valence-corrected chi connectivity index (χ3v) is 5.29. The Morgan fingerprint density at radius 3 is 2.65 bits per heavy atom. The van der Waals surface area contributed by atoms with E-state index in [1.165, 1.54) is 32.5 Å². The Hall–Kier alpha value is -0.410. The molecule has 0 radical (unpaired) electrons. The minimum atomic E-state index is 0.345. The zero-order valence-electron chi connectivity index (χ0n) is 11.1. The molecule has 4 heterocycles. The number of nitrogens with zero attached hydrogens (tertiary/aromatic N) is 2. The Bertz CT molecular complexity index is 309. The number of fused-ring (bicyclic) bond motifs is 2. The van der Waals surface area contributed by atoms with Gasteiger partial charge in [0.05, 0.1) is 0 Å². The normalized spacial score (nSPS) is 44.9. The highest BCUT2D eigenvalue weighted by atomic mass is 16.1. The van der Waals surface area contributed by atoms with Crippen LogP contribution in [0.4, 0.5) is 0 Å². The molecule has 4 rings (SSSR count). The second kappa shape index (κ2) is 4.36. The molecule has 2 bridgehead atoms. The van der Waals surface area contributed by atoms with Crippen LogP contribution >= 0.6 is 0 Å². The van der Waals surface area contributed by atoms with Crippen LogP contribution in [0.1, 0.15) is 32.6 Å². The summed E-state index contributed by atoms with van der Waals surface area (Å²) in [5.41, 5.74) is 0. The molecule has 0 aromatic heterocycles. The molecule has 0 saturated carbocycles. The maximum atomic E-state index is 11.2. The summed E-state index contributed by atoms with van der Waals surface area (Å²) in [4.78, 5) is 16.4. The van der Waals surface area contributed by atoms with E-state index < -0.39 is 0 Å². The van der Waals surface area contributed by atoms with E-state index in [1.54, 1.807) is 6.92 Å². The molecule has 3 atom stereocenters. The summed E-state index contributed by atoms with van der Waals surface area (Å²) in [6.07, 6.45) is 4.65. The molecule has 4 aliphatic rings. The van der Waals surface area contributed by atoms with Gasteiger partial charge in [0.2, 0.25) is 0 Å². The quantitative estimate of drug-likeness (QED) is 0.739. The van der Waals surface area contributed by atoms with Gasteiger partial charge in [0, 0.05) is 25.0 Å². The highest BCUT2D eigenvalue weighted by molar-refractivity contribution is 5.75. The molecule has 3 heteroatoms. The summed E-state index contributed by atoms with van der Waals surface area (Å²) in [5, 5.41) is 0. The van der Waals surface area contributed by atoms with Crippen LogP contribution in [0.5, 0.6) is 0 Å². The molecule has 17 heavy (non-hydrogen) atoms. The Labute approximate surface area is 104 Å². The summed E-state index contributed by atoms with van der Waals surface area (Å²) < 4.78 is 0. The fourth-order valence-corrected chi connectivity index (χ4v) is 4.45. The Balaban J connectivity index is 1.73. The van der Waals surface area contributed by atoms with E-state index >= 15 is 0 Å². The van der Waals surface area contributed by atoms with E-state index in [4.69, 9.17) is 0 Å². The van der Waals surface area contributed by atoms with Gasteiger partial charge in [-0.3, -0.25) is 4.90 Å². The van der Waals surface area contributed by atoms with Gasteiger partial charge in [0.1, 0.15) is 5.78 Å². The summed E-state index contributed by atoms with van der Waals surface area (Å²) in [6.45, 7) is 5.58. The molecule has 3 unspecified atom stereocenters. The fourth-order valence-electron chi connectivity index (χ4n) is 4.45. The minimum Gasteiger partial charge on any atom is -0.301 e. The van der Waals surface area contributed by atoms with Crippen molar-refractivity contribution in [2.24, 2.45) is 11.8 Å². The topological polar surface area (TPSA) is 23.6 Å². The van der Waals surface area contributed by atoms with Crippen LogP contribution in [0.25, 0.3) is 0 Å². The number of hydrogen-bond acceptors (Lipinski definition) is 3. The SMILES string of the molecule is CC(=O)CCC1C2C(CN1C)C1CCN2CC1. The molecule has 0 aliphatic carbocycles. The number of hydrogen-bond donors (Lipinski definition) is 0. The zero-order chi connectivity index (χ0) is 12.0. The Kier molecular flexibility index (Phi) is 2.99. The highest BCUT2D eigenvalue weighted by Gasteiger charge is 2.50. The van der Waals surface area contributed by atoms with E-state index in [2.05, 4.69) is 16.8 Å². The molecular formula is C14H24N2O. The summed E-state index contributed by atoms with van der Waals surface area (Å²) in [5.74, 6) is 2.20. The lowest BCUT2D eigenvalue weighted by Gasteiger charge is -2.49. The average Bonchev–Trinajstić information content (AvgIpc) is 2.66. The minimum absolute atomic E-state index is 0.345. The van der Waals surface area contributed by atoms with E-state index in [-0.39, 0.29) is 0 Å². The second-order valence-electron chi connectivity index (χ2n) is 6.28. The maximum absolute atomic E-state index is 11.2. The Morgan fingerprint density at radius 2 is 2.00 bits per heavy atom. The highest BCUT2D eigenvalue weighted by Crippen LogP contribution is 2.44. The number of likely N-dealkylation sites (N-methyl/N-ethyl adjacent to an activating group) is 1. The lowest BCUT2D eigenvalue weighted by molar-refractivity contribution is -0.117. The number of ketones is 1. The maximum Gasteiger partial charge on any atom is 0.129 e. The first kappa shape index (κ1) is 11.7. The van der Waals surface area contributed by atoms with Gasteiger partial charge in [-0.1, -0.05) is 0 Å². The van der Waals surface area contributed by atoms with Crippen LogP contribution in [0.3, 0.4) is 0 Å². The molecule has 96 valence electrons. The molecule has 3 nitrogen and oxygen atoms in total. The lowest BCUT2D eigenvalue weighted by Crippen LogP contribution is -2.57. The fraction of sp³-hybridized carbons (Fsp3) is 0.929. The van der Waals surface area contributed by atoms with Crippen molar-refractivity contribution in [3.63, 3.8) is 0 Å².